The predicted octanol–water partition coefficient (Wildman–Crippen LogP) is 1.64. The van der Waals surface area contributed by atoms with Crippen LogP contribution in [0.5, 0.6) is 0 Å². The molecule has 0 aliphatic rings. The van der Waals surface area contributed by atoms with Crippen LogP contribution in [0.3, 0.4) is 0 Å². The Balaban J connectivity index is 2.55. The van der Waals surface area contributed by atoms with Gasteiger partial charge in [-0.25, -0.2) is 0 Å². The van der Waals surface area contributed by atoms with Gasteiger partial charge in [0.2, 0.25) is 0 Å². The van der Waals surface area contributed by atoms with Gasteiger partial charge in [0.1, 0.15) is 6.29 Å². The van der Waals surface area contributed by atoms with Crippen molar-refractivity contribution in [2.24, 2.45) is 5.41 Å². The number of amides is 1. The number of rotatable bonds is 4. The summed E-state index contributed by atoms with van der Waals surface area (Å²) in [6, 6.07) is 8.94. The molecule has 0 saturated heterocycles. The maximum atomic E-state index is 11.6. The second-order valence-electron chi connectivity index (χ2n) is 4.16. The van der Waals surface area contributed by atoms with Crippen LogP contribution in [0, 0.1) is 5.41 Å². The van der Waals surface area contributed by atoms with Crippen molar-refractivity contribution in [2.45, 2.75) is 13.8 Å². The van der Waals surface area contributed by atoms with Crippen molar-refractivity contribution in [1.82, 2.24) is 5.32 Å². The molecular formula is C12H15NO2. The van der Waals surface area contributed by atoms with Gasteiger partial charge in [0.15, 0.2) is 0 Å². The van der Waals surface area contributed by atoms with Gasteiger partial charge in [0.05, 0.1) is 0 Å². The van der Waals surface area contributed by atoms with Crippen LogP contribution >= 0.6 is 0 Å². The van der Waals surface area contributed by atoms with Crippen molar-refractivity contribution < 1.29 is 9.59 Å². The van der Waals surface area contributed by atoms with Gasteiger partial charge < -0.3 is 10.1 Å². The molecule has 3 heteroatoms. The number of nitrogens with one attached hydrogen (secondary N) is 1. The summed E-state index contributed by atoms with van der Waals surface area (Å²) in [5.41, 5.74) is 0.101. The lowest BCUT2D eigenvalue weighted by molar-refractivity contribution is -0.114. The van der Waals surface area contributed by atoms with E-state index in [9.17, 15) is 9.59 Å². The van der Waals surface area contributed by atoms with E-state index < -0.39 is 5.41 Å². The molecule has 80 valence electrons. The molecule has 0 saturated carbocycles. The van der Waals surface area contributed by atoms with E-state index in [-0.39, 0.29) is 5.91 Å². The van der Waals surface area contributed by atoms with Gasteiger partial charge in [0, 0.05) is 17.5 Å². The van der Waals surface area contributed by atoms with Gasteiger partial charge in [-0.2, -0.15) is 0 Å². The lowest BCUT2D eigenvalue weighted by Gasteiger charge is -2.17. The maximum Gasteiger partial charge on any atom is 0.251 e. The Morgan fingerprint density at radius 2 is 1.93 bits per heavy atom. The van der Waals surface area contributed by atoms with E-state index in [0.29, 0.717) is 12.1 Å². The molecule has 0 aromatic heterocycles. The van der Waals surface area contributed by atoms with E-state index >= 15 is 0 Å². The molecule has 1 aromatic carbocycles. The summed E-state index contributed by atoms with van der Waals surface area (Å²) in [5.74, 6) is -0.148. The van der Waals surface area contributed by atoms with Crippen LogP contribution in [0.25, 0.3) is 0 Å². The van der Waals surface area contributed by atoms with Gasteiger partial charge in [-0.05, 0) is 12.1 Å². The Bertz CT molecular complexity index is 344. The molecule has 0 atom stereocenters. The summed E-state index contributed by atoms with van der Waals surface area (Å²) in [6.45, 7) is 3.92. The highest BCUT2D eigenvalue weighted by molar-refractivity contribution is 5.94. The highest BCUT2D eigenvalue weighted by atomic mass is 16.1. The molecule has 1 rings (SSSR count). The van der Waals surface area contributed by atoms with Gasteiger partial charge in [0.25, 0.3) is 5.91 Å². The first kappa shape index (κ1) is 11.4. The molecule has 0 spiro atoms. The summed E-state index contributed by atoms with van der Waals surface area (Å²) in [7, 11) is 0. The highest BCUT2D eigenvalue weighted by Crippen LogP contribution is 2.08. The average molecular weight is 205 g/mol. The lowest BCUT2D eigenvalue weighted by atomic mass is 9.96. The summed E-state index contributed by atoms with van der Waals surface area (Å²) in [6.07, 6.45) is 0.846. The minimum absolute atomic E-state index is 0.148. The van der Waals surface area contributed by atoms with E-state index in [2.05, 4.69) is 5.32 Å². The molecule has 1 aromatic rings. The zero-order chi connectivity index (χ0) is 11.3. The molecule has 0 unspecified atom stereocenters. The third-order valence-electron chi connectivity index (χ3n) is 2.06. The molecule has 0 bridgehead atoms. The summed E-state index contributed by atoms with van der Waals surface area (Å²) in [4.78, 5) is 22.2. The Morgan fingerprint density at radius 3 is 2.47 bits per heavy atom. The first-order valence-electron chi connectivity index (χ1n) is 4.85. The number of hydrogen-bond donors (Lipinski definition) is 1. The van der Waals surface area contributed by atoms with Crippen LogP contribution in [0.4, 0.5) is 0 Å². The van der Waals surface area contributed by atoms with Crippen molar-refractivity contribution in [2.75, 3.05) is 6.54 Å². The first-order valence-corrected chi connectivity index (χ1v) is 4.85. The van der Waals surface area contributed by atoms with Gasteiger partial charge in [-0.15, -0.1) is 0 Å². The molecule has 15 heavy (non-hydrogen) atoms. The van der Waals surface area contributed by atoms with Crippen molar-refractivity contribution in [3.63, 3.8) is 0 Å². The van der Waals surface area contributed by atoms with E-state index in [1.807, 2.05) is 6.07 Å². The number of benzene rings is 1. The lowest BCUT2D eigenvalue weighted by Crippen LogP contribution is -2.34. The molecule has 1 amide bonds. The van der Waals surface area contributed by atoms with E-state index in [0.717, 1.165) is 6.29 Å². The van der Waals surface area contributed by atoms with Crippen LogP contribution in [0.15, 0.2) is 30.3 Å². The second kappa shape index (κ2) is 4.73. The van der Waals surface area contributed by atoms with E-state index in [1.165, 1.54) is 0 Å². The van der Waals surface area contributed by atoms with Crippen molar-refractivity contribution in [3.05, 3.63) is 35.9 Å². The molecule has 0 heterocycles. The normalized spacial score (nSPS) is 10.8. The number of aldehydes is 1. The van der Waals surface area contributed by atoms with E-state index in [1.54, 1.807) is 38.1 Å². The van der Waals surface area contributed by atoms with Crippen LogP contribution in [0.2, 0.25) is 0 Å². The molecule has 0 fully saturated rings. The topological polar surface area (TPSA) is 46.2 Å². The number of hydrogen-bond acceptors (Lipinski definition) is 2. The Morgan fingerprint density at radius 1 is 1.33 bits per heavy atom. The molecule has 0 radical (unpaired) electrons. The standard InChI is InChI=1S/C12H15NO2/c1-12(2,9-14)8-13-11(15)10-6-4-3-5-7-10/h3-7,9H,8H2,1-2H3,(H,13,15). The fourth-order valence-electron chi connectivity index (χ4n) is 1.04. The predicted molar refractivity (Wildman–Crippen MR) is 58.6 cm³/mol. The van der Waals surface area contributed by atoms with Crippen LogP contribution < -0.4 is 5.32 Å². The Hall–Kier alpha value is -1.64. The maximum absolute atomic E-state index is 11.6. The van der Waals surface area contributed by atoms with Crippen LogP contribution in [0.1, 0.15) is 24.2 Å². The van der Waals surface area contributed by atoms with E-state index in [4.69, 9.17) is 0 Å². The van der Waals surface area contributed by atoms with Crippen molar-refractivity contribution >= 4 is 12.2 Å². The highest BCUT2D eigenvalue weighted by Gasteiger charge is 2.17. The molecular weight excluding hydrogens is 190 g/mol. The second-order valence-corrected chi connectivity index (χ2v) is 4.16. The zero-order valence-electron chi connectivity index (χ0n) is 8.99. The molecule has 0 aliphatic heterocycles. The van der Waals surface area contributed by atoms with Gasteiger partial charge >= 0.3 is 0 Å². The van der Waals surface area contributed by atoms with Crippen molar-refractivity contribution in [3.8, 4) is 0 Å². The first-order chi connectivity index (χ1) is 7.05. The monoisotopic (exact) mass is 205 g/mol. The van der Waals surface area contributed by atoms with Gasteiger partial charge in [-0.1, -0.05) is 32.0 Å². The molecule has 1 N–H and O–H groups in total. The fourth-order valence-corrected chi connectivity index (χ4v) is 1.04. The third kappa shape index (κ3) is 3.54. The molecule has 3 nitrogen and oxygen atoms in total. The third-order valence-corrected chi connectivity index (χ3v) is 2.06. The average Bonchev–Trinajstić information content (AvgIpc) is 2.27. The Labute approximate surface area is 89.5 Å². The number of carbonyl (C=O) groups excluding carboxylic acids is 2. The fraction of sp³-hybridized carbons (Fsp3) is 0.333. The van der Waals surface area contributed by atoms with Crippen LogP contribution in [-0.2, 0) is 4.79 Å². The minimum atomic E-state index is -0.509. The van der Waals surface area contributed by atoms with Crippen molar-refractivity contribution in [1.29, 1.82) is 0 Å². The smallest absolute Gasteiger partial charge is 0.251 e. The largest absolute Gasteiger partial charge is 0.351 e. The SMILES string of the molecule is CC(C)(C=O)CNC(=O)c1ccccc1. The van der Waals surface area contributed by atoms with Crippen LogP contribution in [-0.4, -0.2) is 18.7 Å². The summed E-state index contributed by atoms with van der Waals surface area (Å²) in [5, 5.41) is 2.72. The summed E-state index contributed by atoms with van der Waals surface area (Å²) < 4.78 is 0. The molecule has 0 aliphatic carbocycles. The van der Waals surface area contributed by atoms with Gasteiger partial charge in [-0.3, -0.25) is 4.79 Å². The Kier molecular flexibility index (Phi) is 3.61. The minimum Gasteiger partial charge on any atom is -0.351 e. The summed E-state index contributed by atoms with van der Waals surface area (Å²) >= 11 is 0. The quantitative estimate of drug-likeness (QED) is 0.759. The number of carbonyl (C=O) groups is 2. The zero-order valence-corrected chi connectivity index (χ0v) is 8.99.